The average Bonchev–Trinajstić information content (AvgIpc) is 2.69. The van der Waals surface area contributed by atoms with Crippen LogP contribution in [0.5, 0.6) is 0 Å². The summed E-state index contributed by atoms with van der Waals surface area (Å²) in [6.45, 7) is 0.648. The average molecular weight is 268 g/mol. The summed E-state index contributed by atoms with van der Waals surface area (Å²) in [6, 6.07) is 1.81. The van der Waals surface area contributed by atoms with Crippen molar-refractivity contribution >= 4 is 27.4 Å². The highest BCUT2D eigenvalue weighted by molar-refractivity contribution is 9.10. The van der Waals surface area contributed by atoms with Crippen molar-refractivity contribution in [1.82, 2.24) is 15.2 Å². The van der Waals surface area contributed by atoms with Crippen LogP contribution in [0.3, 0.4) is 0 Å². The van der Waals surface area contributed by atoms with Crippen LogP contribution in [0.2, 0.25) is 0 Å². The van der Waals surface area contributed by atoms with Crippen molar-refractivity contribution < 1.29 is 0 Å². The van der Waals surface area contributed by atoms with E-state index in [1.54, 1.807) is 12.4 Å². The molecule has 5 nitrogen and oxygen atoms in total. The van der Waals surface area contributed by atoms with E-state index in [1.807, 2.05) is 12.3 Å². The van der Waals surface area contributed by atoms with E-state index >= 15 is 0 Å². The molecule has 0 aliphatic carbocycles. The van der Waals surface area contributed by atoms with Gasteiger partial charge in [0.2, 0.25) is 0 Å². The first-order valence-electron chi connectivity index (χ1n) is 4.38. The fourth-order valence-corrected chi connectivity index (χ4v) is 1.51. The number of nitrogens with one attached hydrogen (secondary N) is 2. The molecule has 0 amide bonds. The van der Waals surface area contributed by atoms with Crippen LogP contribution in [0.1, 0.15) is 5.56 Å². The summed E-state index contributed by atoms with van der Waals surface area (Å²) in [6.07, 6.45) is 5.28. The molecule has 0 fully saturated rings. The van der Waals surface area contributed by atoms with E-state index in [0.29, 0.717) is 18.1 Å². The minimum Gasteiger partial charge on any atom is -0.396 e. The second kappa shape index (κ2) is 4.31. The van der Waals surface area contributed by atoms with Crippen LogP contribution in [-0.2, 0) is 6.54 Å². The lowest BCUT2D eigenvalue weighted by Crippen LogP contribution is -2.03. The van der Waals surface area contributed by atoms with Crippen molar-refractivity contribution in [2.75, 3.05) is 11.1 Å². The largest absolute Gasteiger partial charge is 0.396 e. The number of pyridine rings is 1. The van der Waals surface area contributed by atoms with Gasteiger partial charge in [0.15, 0.2) is 0 Å². The topological polar surface area (TPSA) is 79.6 Å². The van der Waals surface area contributed by atoms with Crippen LogP contribution >= 0.6 is 15.9 Å². The molecule has 0 aliphatic heterocycles. The van der Waals surface area contributed by atoms with E-state index in [4.69, 9.17) is 5.73 Å². The normalized spacial score (nSPS) is 10.2. The predicted molar refractivity (Wildman–Crippen MR) is 62.3 cm³/mol. The number of H-pyrrole nitrogens is 1. The van der Waals surface area contributed by atoms with E-state index in [9.17, 15) is 0 Å². The number of rotatable bonds is 3. The number of aromatic amines is 1. The third kappa shape index (κ3) is 2.47. The first-order valence-corrected chi connectivity index (χ1v) is 5.17. The van der Waals surface area contributed by atoms with Gasteiger partial charge in [-0.25, -0.2) is 4.98 Å². The maximum absolute atomic E-state index is 5.78. The molecular weight excluding hydrogens is 258 g/mol. The summed E-state index contributed by atoms with van der Waals surface area (Å²) in [4.78, 5) is 4.16. The van der Waals surface area contributed by atoms with Gasteiger partial charge in [0.05, 0.1) is 11.9 Å². The highest BCUT2D eigenvalue weighted by Gasteiger charge is 2.01. The van der Waals surface area contributed by atoms with Crippen molar-refractivity contribution in [2.24, 2.45) is 0 Å². The van der Waals surface area contributed by atoms with E-state index in [0.717, 1.165) is 10.0 Å². The minimum atomic E-state index is 0.618. The number of hydrogen-bond acceptors (Lipinski definition) is 4. The molecule has 2 heterocycles. The van der Waals surface area contributed by atoms with Gasteiger partial charge >= 0.3 is 0 Å². The highest BCUT2D eigenvalue weighted by Crippen LogP contribution is 2.20. The van der Waals surface area contributed by atoms with Crippen molar-refractivity contribution in [1.29, 1.82) is 0 Å². The molecule has 2 aromatic heterocycles. The first kappa shape index (κ1) is 9.97. The summed E-state index contributed by atoms with van der Waals surface area (Å²) in [5.74, 6) is 0.680. The number of hydrogen-bond donors (Lipinski definition) is 3. The molecule has 0 atom stereocenters. The molecule has 78 valence electrons. The monoisotopic (exact) mass is 267 g/mol. The van der Waals surface area contributed by atoms with Gasteiger partial charge in [-0.3, -0.25) is 5.10 Å². The fraction of sp³-hybridized carbons (Fsp3) is 0.111. The Morgan fingerprint density at radius 2 is 2.33 bits per heavy atom. The van der Waals surface area contributed by atoms with Crippen LogP contribution in [0, 0.1) is 0 Å². The highest BCUT2D eigenvalue weighted by atomic mass is 79.9. The Hall–Kier alpha value is -1.56. The number of nitrogens with two attached hydrogens (primary N) is 1. The number of aromatic nitrogens is 3. The van der Waals surface area contributed by atoms with E-state index in [-0.39, 0.29) is 0 Å². The summed E-state index contributed by atoms with van der Waals surface area (Å²) in [5.41, 5.74) is 7.46. The van der Waals surface area contributed by atoms with Crippen molar-refractivity contribution in [3.63, 3.8) is 0 Å². The van der Waals surface area contributed by atoms with Crippen molar-refractivity contribution in [3.8, 4) is 0 Å². The van der Waals surface area contributed by atoms with Crippen LogP contribution in [0.4, 0.5) is 11.5 Å². The minimum absolute atomic E-state index is 0.618. The standard InChI is InChI=1S/C9H10BrN5/c10-7-1-8(11)9(13-5-7)12-2-6-3-14-15-4-6/h1,3-5H,2,11H2,(H,12,13)(H,14,15). The van der Waals surface area contributed by atoms with Crippen LogP contribution in [0.25, 0.3) is 0 Å². The van der Waals surface area contributed by atoms with Gasteiger partial charge < -0.3 is 11.1 Å². The maximum atomic E-state index is 5.78. The fourth-order valence-electron chi connectivity index (χ4n) is 1.16. The van der Waals surface area contributed by atoms with E-state index in [2.05, 4.69) is 36.4 Å². The molecule has 0 aromatic carbocycles. The van der Waals surface area contributed by atoms with E-state index in [1.165, 1.54) is 0 Å². The Labute approximate surface area is 95.2 Å². The lowest BCUT2D eigenvalue weighted by atomic mass is 10.3. The third-order valence-electron chi connectivity index (χ3n) is 1.90. The second-order valence-corrected chi connectivity index (χ2v) is 3.97. The van der Waals surface area contributed by atoms with Gasteiger partial charge in [-0.15, -0.1) is 0 Å². The Kier molecular flexibility index (Phi) is 2.86. The molecule has 6 heteroatoms. The summed E-state index contributed by atoms with van der Waals surface area (Å²) in [5, 5.41) is 9.71. The quantitative estimate of drug-likeness (QED) is 0.792. The Morgan fingerprint density at radius 1 is 1.47 bits per heavy atom. The van der Waals surface area contributed by atoms with Crippen LogP contribution in [-0.4, -0.2) is 15.2 Å². The maximum Gasteiger partial charge on any atom is 0.149 e. The van der Waals surface area contributed by atoms with Gasteiger partial charge in [0, 0.05) is 29.0 Å². The molecule has 0 aliphatic rings. The van der Waals surface area contributed by atoms with Crippen molar-refractivity contribution in [2.45, 2.75) is 6.54 Å². The lowest BCUT2D eigenvalue weighted by Gasteiger charge is -2.06. The van der Waals surface area contributed by atoms with E-state index < -0.39 is 0 Å². The number of halogens is 1. The zero-order valence-electron chi connectivity index (χ0n) is 7.87. The molecule has 4 N–H and O–H groups in total. The zero-order chi connectivity index (χ0) is 10.7. The van der Waals surface area contributed by atoms with Gasteiger partial charge in [0.1, 0.15) is 5.82 Å². The van der Waals surface area contributed by atoms with Crippen molar-refractivity contribution in [3.05, 3.63) is 34.7 Å². The molecule has 2 rings (SSSR count). The molecule has 2 aromatic rings. The number of anilines is 2. The third-order valence-corrected chi connectivity index (χ3v) is 2.33. The number of nitrogens with zero attached hydrogens (tertiary/aromatic N) is 2. The second-order valence-electron chi connectivity index (χ2n) is 3.05. The van der Waals surface area contributed by atoms with Crippen LogP contribution in [0.15, 0.2) is 29.1 Å². The summed E-state index contributed by atoms with van der Waals surface area (Å²) >= 11 is 3.30. The van der Waals surface area contributed by atoms with Gasteiger partial charge in [0.25, 0.3) is 0 Å². The van der Waals surface area contributed by atoms with Crippen LogP contribution < -0.4 is 11.1 Å². The lowest BCUT2D eigenvalue weighted by molar-refractivity contribution is 1.09. The summed E-state index contributed by atoms with van der Waals surface area (Å²) in [7, 11) is 0. The Morgan fingerprint density at radius 3 is 3.00 bits per heavy atom. The molecule has 0 radical (unpaired) electrons. The molecule has 15 heavy (non-hydrogen) atoms. The Balaban J connectivity index is 2.05. The molecule has 0 saturated carbocycles. The molecule has 0 bridgehead atoms. The first-order chi connectivity index (χ1) is 7.25. The zero-order valence-corrected chi connectivity index (χ0v) is 9.45. The predicted octanol–water partition coefficient (Wildman–Crippen LogP) is 1.76. The molecule has 0 spiro atoms. The van der Waals surface area contributed by atoms with Gasteiger partial charge in [-0.05, 0) is 22.0 Å². The van der Waals surface area contributed by atoms with Gasteiger partial charge in [-0.2, -0.15) is 5.10 Å². The molecule has 0 saturated heterocycles. The molecule has 0 unspecified atom stereocenters. The smallest absolute Gasteiger partial charge is 0.149 e. The molecular formula is C9H10BrN5. The SMILES string of the molecule is Nc1cc(Br)cnc1NCc1cn[nH]c1. The number of nitrogen functional groups attached to an aromatic ring is 1. The van der Waals surface area contributed by atoms with Gasteiger partial charge in [-0.1, -0.05) is 0 Å². The Bertz CT molecular complexity index is 440. The summed E-state index contributed by atoms with van der Waals surface area (Å²) < 4.78 is 0.869.